The maximum absolute atomic E-state index is 5.44. The van der Waals surface area contributed by atoms with Gasteiger partial charge in [0.05, 0.1) is 26.6 Å². The van der Waals surface area contributed by atoms with Gasteiger partial charge in [-0.25, -0.2) is 0 Å². The molecule has 7 nitrogen and oxygen atoms in total. The summed E-state index contributed by atoms with van der Waals surface area (Å²) in [7, 11) is 3.76. The van der Waals surface area contributed by atoms with Crippen LogP contribution in [0.4, 0.5) is 0 Å². The molecule has 1 N–H and O–H groups in total. The van der Waals surface area contributed by atoms with Crippen molar-refractivity contribution in [1.29, 1.82) is 0 Å². The normalized spacial score (nSPS) is 15.2. The number of morpholine rings is 1. The fraction of sp³-hybridized carbons (Fsp3) is 0.522. The van der Waals surface area contributed by atoms with E-state index < -0.39 is 0 Å². The molecule has 0 saturated carbocycles. The largest absolute Gasteiger partial charge is 0.497 e. The molecule has 164 valence electrons. The lowest BCUT2D eigenvalue weighted by molar-refractivity contribution is 0.0377. The van der Waals surface area contributed by atoms with Gasteiger partial charge in [-0.2, -0.15) is 0 Å². The van der Waals surface area contributed by atoms with E-state index in [1.54, 1.807) is 13.4 Å². The van der Waals surface area contributed by atoms with Crippen LogP contribution in [0.15, 0.2) is 52.1 Å². The number of rotatable bonds is 10. The van der Waals surface area contributed by atoms with Crippen LogP contribution in [0.5, 0.6) is 5.75 Å². The van der Waals surface area contributed by atoms with Crippen LogP contribution in [-0.2, 0) is 17.7 Å². The van der Waals surface area contributed by atoms with Gasteiger partial charge in [-0.3, -0.25) is 9.89 Å². The Bertz CT molecular complexity index is 740. The molecule has 0 amide bonds. The van der Waals surface area contributed by atoms with Crippen LogP contribution >= 0.6 is 0 Å². The van der Waals surface area contributed by atoms with E-state index >= 15 is 0 Å². The van der Waals surface area contributed by atoms with Crippen molar-refractivity contribution in [2.45, 2.75) is 19.4 Å². The molecule has 0 atom stereocenters. The number of hydrogen-bond donors (Lipinski definition) is 1. The molecule has 1 aliphatic rings. The van der Waals surface area contributed by atoms with E-state index in [9.17, 15) is 0 Å². The molecule has 0 spiro atoms. The number of hydrogen-bond acceptors (Lipinski definition) is 5. The van der Waals surface area contributed by atoms with Gasteiger partial charge in [-0.05, 0) is 36.2 Å². The van der Waals surface area contributed by atoms with Crippen molar-refractivity contribution in [1.82, 2.24) is 15.1 Å². The zero-order valence-electron chi connectivity index (χ0n) is 18.2. The summed E-state index contributed by atoms with van der Waals surface area (Å²) in [5, 5.41) is 3.50. The minimum Gasteiger partial charge on any atom is -0.497 e. The topological polar surface area (TPSA) is 62.5 Å². The summed E-state index contributed by atoms with van der Waals surface area (Å²) in [6, 6.07) is 12.1. The third-order valence-corrected chi connectivity index (χ3v) is 5.17. The van der Waals surface area contributed by atoms with E-state index in [-0.39, 0.29) is 0 Å². The molecule has 1 fully saturated rings. The molecule has 1 aromatic carbocycles. The monoisotopic (exact) mass is 414 g/mol. The minimum absolute atomic E-state index is 0.778. The molecular weight excluding hydrogens is 380 g/mol. The van der Waals surface area contributed by atoms with E-state index in [4.69, 9.17) is 18.9 Å². The third kappa shape index (κ3) is 7.39. The molecular formula is C23H34N4O3. The van der Waals surface area contributed by atoms with Crippen molar-refractivity contribution in [3.05, 3.63) is 54.0 Å². The highest BCUT2D eigenvalue weighted by Gasteiger charge is 2.11. The van der Waals surface area contributed by atoms with Crippen LogP contribution in [0, 0.1) is 0 Å². The van der Waals surface area contributed by atoms with E-state index in [1.807, 2.05) is 24.3 Å². The molecule has 0 aliphatic carbocycles. The molecule has 1 aromatic heterocycles. The first-order valence-corrected chi connectivity index (χ1v) is 10.7. The van der Waals surface area contributed by atoms with Gasteiger partial charge in [0.1, 0.15) is 11.5 Å². The average Bonchev–Trinajstić information content (AvgIpc) is 3.30. The summed E-state index contributed by atoms with van der Waals surface area (Å²) in [6.45, 7) is 7.15. The molecule has 1 aliphatic heterocycles. The van der Waals surface area contributed by atoms with Gasteiger partial charge in [-0.1, -0.05) is 12.1 Å². The van der Waals surface area contributed by atoms with Crippen LogP contribution < -0.4 is 10.1 Å². The maximum atomic E-state index is 5.44. The van der Waals surface area contributed by atoms with Crippen LogP contribution in [-0.4, -0.2) is 75.9 Å². The average molecular weight is 415 g/mol. The smallest absolute Gasteiger partial charge is 0.193 e. The lowest BCUT2D eigenvalue weighted by Crippen LogP contribution is -2.40. The Labute approximate surface area is 179 Å². The number of nitrogens with one attached hydrogen (secondary N) is 1. The second-order valence-electron chi connectivity index (χ2n) is 7.47. The van der Waals surface area contributed by atoms with Gasteiger partial charge in [0.15, 0.2) is 5.96 Å². The van der Waals surface area contributed by atoms with Gasteiger partial charge in [0, 0.05) is 52.7 Å². The van der Waals surface area contributed by atoms with Crippen molar-refractivity contribution in [2.24, 2.45) is 4.99 Å². The van der Waals surface area contributed by atoms with Gasteiger partial charge in [0.2, 0.25) is 0 Å². The Morgan fingerprint density at radius 3 is 2.70 bits per heavy atom. The molecule has 3 rings (SSSR count). The second-order valence-corrected chi connectivity index (χ2v) is 7.47. The summed E-state index contributed by atoms with van der Waals surface area (Å²) in [5.74, 6) is 2.77. The Morgan fingerprint density at radius 2 is 2.00 bits per heavy atom. The number of nitrogens with zero attached hydrogens (tertiary/aromatic N) is 3. The second kappa shape index (κ2) is 12.2. The molecule has 0 radical (unpaired) electrons. The number of furan rings is 1. The van der Waals surface area contributed by atoms with Crippen LogP contribution in [0.3, 0.4) is 0 Å². The summed E-state index contributed by atoms with van der Waals surface area (Å²) in [4.78, 5) is 9.49. The fourth-order valence-corrected chi connectivity index (χ4v) is 3.45. The van der Waals surface area contributed by atoms with Crippen molar-refractivity contribution >= 4 is 5.96 Å². The Morgan fingerprint density at radius 1 is 1.20 bits per heavy atom. The molecule has 7 heteroatoms. The first-order chi connectivity index (χ1) is 14.7. The number of guanidine groups is 1. The summed E-state index contributed by atoms with van der Waals surface area (Å²) < 4.78 is 16.1. The first kappa shape index (κ1) is 22.2. The lowest BCUT2D eigenvalue weighted by Gasteiger charge is -2.26. The molecule has 0 bridgehead atoms. The predicted octanol–water partition coefficient (Wildman–Crippen LogP) is 2.63. The number of methoxy groups -OCH3 is 1. The van der Waals surface area contributed by atoms with Gasteiger partial charge in [0.25, 0.3) is 0 Å². The Balaban J connectivity index is 1.53. The Kier molecular flexibility index (Phi) is 9.05. The van der Waals surface area contributed by atoms with E-state index in [0.29, 0.717) is 0 Å². The fourth-order valence-electron chi connectivity index (χ4n) is 3.45. The van der Waals surface area contributed by atoms with E-state index in [0.717, 1.165) is 82.8 Å². The zero-order valence-corrected chi connectivity index (χ0v) is 18.2. The van der Waals surface area contributed by atoms with Gasteiger partial charge < -0.3 is 24.1 Å². The first-order valence-electron chi connectivity index (χ1n) is 10.7. The number of ether oxygens (including phenoxy) is 2. The number of benzene rings is 1. The summed E-state index contributed by atoms with van der Waals surface area (Å²) >= 11 is 0. The minimum atomic E-state index is 0.778. The molecule has 0 unspecified atom stereocenters. The van der Waals surface area contributed by atoms with Gasteiger partial charge >= 0.3 is 0 Å². The molecule has 2 aromatic rings. The van der Waals surface area contributed by atoms with Crippen LogP contribution in [0.25, 0.3) is 0 Å². The van der Waals surface area contributed by atoms with Crippen molar-refractivity contribution in [2.75, 3.05) is 60.1 Å². The number of aliphatic imine (C=N–C) groups is 1. The highest BCUT2D eigenvalue weighted by atomic mass is 16.5. The van der Waals surface area contributed by atoms with Crippen molar-refractivity contribution in [3.63, 3.8) is 0 Å². The molecule has 1 saturated heterocycles. The predicted molar refractivity (Wildman–Crippen MR) is 119 cm³/mol. The van der Waals surface area contributed by atoms with Crippen LogP contribution in [0.2, 0.25) is 0 Å². The molecule has 2 heterocycles. The van der Waals surface area contributed by atoms with Gasteiger partial charge in [-0.15, -0.1) is 0 Å². The quantitative estimate of drug-likeness (QED) is 0.366. The van der Waals surface area contributed by atoms with Crippen molar-refractivity contribution in [3.8, 4) is 5.75 Å². The SMILES string of the molecule is COc1ccc(CN(C)C(=NCCCN2CCOCC2)NCCc2ccco2)cc1. The summed E-state index contributed by atoms with van der Waals surface area (Å²) in [5.41, 5.74) is 1.21. The lowest BCUT2D eigenvalue weighted by atomic mass is 10.2. The van der Waals surface area contributed by atoms with Crippen molar-refractivity contribution < 1.29 is 13.9 Å². The third-order valence-electron chi connectivity index (χ3n) is 5.17. The van der Waals surface area contributed by atoms with E-state index in [2.05, 4.69) is 34.3 Å². The van der Waals surface area contributed by atoms with E-state index in [1.165, 1.54) is 5.56 Å². The maximum Gasteiger partial charge on any atom is 0.193 e. The highest BCUT2D eigenvalue weighted by molar-refractivity contribution is 5.79. The van der Waals surface area contributed by atoms with Crippen LogP contribution in [0.1, 0.15) is 17.7 Å². The standard InChI is InChI=1S/C23H34N4O3/c1-26(19-20-6-8-21(28-2)9-7-20)23(25-12-10-22-5-3-16-30-22)24-11-4-13-27-14-17-29-18-15-27/h3,5-9,16H,4,10-15,17-19H2,1-2H3,(H,24,25). The Hall–Kier alpha value is -2.51. The molecule has 30 heavy (non-hydrogen) atoms. The zero-order chi connectivity index (χ0) is 21.0. The summed E-state index contributed by atoms with van der Waals surface area (Å²) in [6.07, 6.45) is 3.59. The highest BCUT2D eigenvalue weighted by Crippen LogP contribution is 2.12.